The van der Waals surface area contributed by atoms with Crippen LogP contribution < -0.4 is 4.74 Å². The first-order valence-electron chi connectivity index (χ1n) is 8.25. The van der Waals surface area contributed by atoms with Gasteiger partial charge in [0.25, 0.3) is 0 Å². The number of ether oxygens (including phenoxy) is 2. The van der Waals surface area contributed by atoms with Gasteiger partial charge in [-0.25, -0.2) is 14.2 Å². The van der Waals surface area contributed by atoms with Gasteiger partial charge in [0.1, 0.15) is 19.0 Å². The molecule has 1 unspecified atom stereocenters. The van der Waals surface area contributed by atoms with E-state index in [1.165, 1.54) is 0 Å². The van der Waals surface area contributed by atoms with E-state index < -0.39 is 12.1 Å². The fourth-order valence-corrected chi connectivity index (χ4v) is 2.36. The molecule has 1 heterocycles. The zero-order valence-electron chi connectivity index (χ0n) is 14.1. The van der Waals surface area contributed by atoms with E-state index in [9.17, 15) is 9.18 Å². The first-order chi connectivity index (χ1) is 12.7. The molecule has 26 heavy (non-hydrogen) atoms. The van der Waals surface area contributed by atoms with Crippen molar-refractivity contribution in [3.63, 3.8) is 0 Å². The zero-order valence-corrected chi connectivity index (χ0v) is 14.1. The van der Waals surface area contributed by atoms with Crippen molar-refractivity contribution in [2.75, 3.05) is 6.61 Å². The van der Waals surface area contributed by atoms with Gasteiger partial charge in [0.2, 0.25) is 6.17 Å². The molecule has 0 fully saturated rings. The van der Waals surface area contributed by atoms with Crippen LogP contribution >= 0.6 is 0 Å². The van der Waals surface area contributed by atoms with Gasteiger partial charge in [-0.3, -0.25) is 0 Å². The SMILES string of the molecule is O=C(OCc1ccc(OCCn2ccnc2)cc1)C(F)c1ccccc1. The minimum Gasteiger partial charge on any atom is -0.492 e. The Kier molecular flexibility index (Phi) is 5.98. The lowest BCUT2D eigenvalue weighted by molar-refractivity contribution is -0.151. The molecule has 1 atom stereocenters. The van der Waals surface area contributed by atoms with Crippen molar-refractivity contribution < 1.29 is 18.7 Å². The van der Waals surface area contributed by atoms with Crippen molar-refractivity contribution in [3.8, 4) is 5.75 Å². The maximum Gasteiger partial charge on any atom is 0.345 e. The first-order valence-corrected chi connectivity index (χ1v) is 8.25. The van der Waals surface area contributed by atoms with Crippen molar-refractivity contribution in [2.45, 2.75) is 19.3 Å². The van der Waals surface area contributed by atoms with Crippen molar-refractivity contribution in [1.29, 1.82) is 0 Å². The highest BCUT2D eigenvalue weighted by atomic mass is 19.1. The van der Waals surface area contributed by atoms with Gasteiger partial charge < -0.3 is 14.0 Å². The standard InChI is InChI=1S/C20H19FN2O3/c21-19(17-4-2-1-3-5-17)20(24)26-14-16-6-8-18(9-7-16)25-13-12-23-11-10-22-15-23/h1-11,15,19H,12-14H2. The van der Waals surface area contributed by atoms with Crippen LogP contribution in [0.2, 0.25) is 0 Å². The average molecular weight is 354 g/mol. The lowest BCUT2D eigenvalue weighted by Gasteiger charge is -2.10. The topological polar surface area (TPSA) is 53.4 Å². The van der Waals surface area contributed by atoms with E-state index in [0.717, 1.165) is 5.56 Å². The molecule has 0 aliphatic carbocycles. The number of hydrogen-bond acceptors (Lipinski definition) is 4. The van der Waals surface area contributed by atoms with Crippen LogP contribution in [-0.2, 0) is 22.7 Å². The van der Waals surface area contributed by atoms with Gasteiger partial charge in [0.05, 0.1) is 12.9 Å². The van der Waals surface area contributed by atoms with Crippen molar-refractivity contribution in [2.24, 2.45) is 0 Å². The maximum absolute atomic E-state index is 14.1. The summed E-state index contributed by atoms with van der Waals surface area (Å²) in [6.07, 6.45) is 3.54. The number of aromatic nitrogens is 2. The van der Waals surface area contributed by atoms with E-state index >= 15 is 0 Å². The number of carbonyl (C=O) groups is 1. The Morgan fingerprint density at radius 1 is 1.12 bits per heavy atom. The quantitative estimate of drug-likeness (QED) is 0.579. The smallest absolute Gasteiger partial charge is 0.345 e. The molecule has 6 heteroatoms. The van der Waals surface area contributed by atoms with Crippen molar-refractivity contribution in [3.05, 3.63) is 84.4 Å². The Morgan fingerprint density at radius 3 is 2.58 bits per heavy atom. The van der Waals surface area contributed by atoms with Gasteiger partial charge in [-0.1, -0.05) is 42.5 Å². The summed E-state index contributed by atoms with van der Waals surface area (Å²) in [6.45, 7) is 1.24. The molecule has 0 radical (unpaired) electrons. The summed E-state index contributed by atoms with van der Waals surface area (Å²) in [5.74, 6) is -0.176. The lowest BCUT2D eigenvalue weighted by Crippen LogP contribution is -2.12. The van der Waals surface area contributed by atoms with Crippen LogP contribution in [0.3, 0.4) is 0 Å². The molecule has 5 nitrogen and oxygen atoms in total. The van der Waals surface area contributed by atoms with Crippen molar-refractivity contribution >= 4 is 5.97 Å². The fraction of sp³-hybridized carbons (Fsp3) is 0.200. The maximum atomic E-state index is 14.1. The molecule has 0 saturated carbocycles. The van der Waals surface area contributed by atoms with Gasteiger partial charge >= 0.3 is 5.97 Å². The number of rotatable bonds is 8. The molecule has 1 aromatic heterocycles. The number of alkyl halides is 1. The molecular formula is C20H19FN2O3. The molecule has 0 spiro atoms. The molecule has 134 valence electrons. The number of carbonyl (C=O) groups excluding carboxylic acids is 1. The van der Waals surface area contributed by atoms with E-state index in [-0.39, 0.29) is 6.61 Å². The summed E-state index contributed by atoms with van der Waals surface area (Å²) >= 11 is 0. The van der Waals surface area contributed by atoms with Crippen LogP contribution in [0.15, 0.2) is 73.3 Å². The second-order valence-electron chi connectivity index (χ2n) is 5.67. The molecule has 0 N–H and O–H groups in total. The Morgan fingerprint density at radius 2 is 1.88 bits per heavy atom. The van der Waals surface area contributed by atoms with E-state index in [1.807, 2.05) is 10.8 Å². The predicted octanol–water partition coefficient (Wildman–Crippen LogP) is 3.72. The third-order valence-corrected chi connectivity index (χ3v) is 3.78. The largest absolute Gasteiger partial charge is 0.492 e. The van der Waals surface area contributed by atoms with E-state index in [2.05, 4.69) is 4.98 Å². The van der Waals surface area contributed by atoms with E-state index in [1.54, 1.807) is 67.1 Å². The second kappa shape index (κ2) is 8.80. The number of halogens is 1. The highest BCUT2D eigenvalue weighted by molar-refractivity contribution is 5.76. The highest BCUT2D eigenvalue weighted by Gasteiger charge is 2.20. The van der Waals surface area contributed by atoms with Crippen LogP contribution in [0.1, 0.15) is 17.3 Å². The molecule has 2 aromatic carbocycles. The molecule has 0 aliphatic heterocycles. The third kappa shape index (κ3) is 4.92. The second-order valence-corrected chi connectivity index (χ2v) is 5.67. The Bertz CT molecular complexity index is 805. The van der Waals surface area contributed by atoms with Crippen LogP contribution in [0.5, 0.6) is 5.75 Å². The highest BCUT2D eigenvalue weighted by Crippen LogP contribution is 2.20. The molecule has 0 saturated heterocycles. The monoisotopic (exact) mass is 354 g/mol. The van der Waals surface area contributed by atoms with Gasteiger partial charge in [-0.05, 0) is 23.3 Å². The minimum atomic E-state index is -1.78. The van der Waals surface area contributed by atoms with Crippen molar-refractivity contribution in [1.82, 2.24) is 9.55 Å². The van der Waals surface area contributed by atoms with E-state index in [4.69, 9.17) is 9.47 Å². The van der Waals surface area contributed by atoms with Crippen LogP contribution in [-0.4, -0.2) is 22.1 Å². The molecule has 3 aromatic rings. The summed E-state index contributed by atoms with van der Waals surface area (Å²) in [5, 5.41) is 0. The zero-order chi connectivity index (χ0) is 18.2. The van der Waals surface area contributed by atoms with Gasteiger partial charge in [0.15, 0.2) is 0 Å². The molecule has 0 amide bonds. The Labute approximate surface area is 151 Å². The Balaban J connectivity index is 1.44. The normalized spacial score (nSPS) is 11.7. The number of imidazole rings is 1. The number of esters is 1. The average Bonchev–Trinajstić information content (AvgIpc) is 3.21. The van der Waals surface area contributed by atoms with Crippen LogP contribution in [0.25, 0.3) is 0 Å². The molecule has 0 aliphatic rings. The third-order valence-electron chi connectivity index (χ3n) is 3.78. The summed E-state index contributed by atoms with van der Waals surface area (Å²) in [7, 11) is 0. The first kappa shape index (κ1) is 17.7. The van der Waals surface area contributed by atoms with Gasteiger partial charge in [0, 0.05) is 12.4 Å². The fourth-order valence-electron chi connectivity index (χ4n) is 2.36. The summed E-state index contributed by atoms with van der Waals surface area (Å²) in [4.78, 5) is 15.8. The van der Waals surface area contributed by atoms with Gasteiger partial charge in [-0.15, -0.1) is 0 Å². The number of nitrogens with zero attached hydrogens (tertiary/aromatic N) is 2. The van der Waals surface area contributed by atoms with Gasteiger partial charge in [-0.2, -0.15) is 0 Å². The summed E-state index contributed by atoms with van der Waals surface area (Å²) < 4.78 is 26.7. The van der Waals surface area contributed by atoms with Crippen LogP contribution in [0.4, 0.5) is 4.39 Å². The molecular weight excluding hydrogens is 335 g/mol. The molecule has 0 bridgehead atoms. The number of hydrogen-bond donors (Lipinski definition) is 0. The predicted molar refractivity (Wildman–Crippen MR) is 94.3 cm³/mol. The number of benzene rings is 2. The van der Waals surface area contributed by atoms with Crippen LogP contribution in [0, 0.1) is 0 Å². The Hall–Kier alpha value is -3.15. The summed E-state index contributed by atoms with van der Waals surface area (Å²) in [6, 6.07) is 15.4. The summed E-state index contributed by atoms with van der Waals surface area (Å²) in [5.41, 5.74) is 1.06. The lowest BCUT2D eigenvalue weighted by atomic mass is 10.1. The van der Waals surface area contributed by atoms with E-state index in [0.29, 0.717) is 24.5 Å². The molecule has 3 rings (SSSR count). The minimum absolute atomic E-state index is 0.0153.